The van der Waals surface area contributed by atoms with Gasteiger partial charge in [-0.05, 0) is 32.1 Å². The van der Waals surface area contributed by atoms with Gasteiger partial charge in [-0.25, -0.2) is 0 Å². The highest BCUT2D eigenvalue weighted by Gasteiger charge is 2.52. The zero-order valence-electron chi connectivity index (χ0n) is 7.71. The molecule has 0 unspecified atom stereocenters. The van der Waals surface area contributed by atoms with E-state index in [4.69, 9.17) is 4.74 Å². The van der Waals surface area contributed by atoms with Crippen LogP contribution in [0.15, 0.2) is 12.2 Å². The normalized spacial score (nSPS) is 51.4. The smallest absolute Gasteiger partial charge is 0.109 e. The Morgan fingerprint density at radius 2 is 2.33 bits per heavy atom. The largest absolute Gasteiger partial charge is 0.383 e. The van der Waals surface area contributed by atoms with Gasteiger partial charge in [-0.15, -0.1) is 0 Å². The molecule has 2 aliphatic rings. The molecule has 0 amide bonds. The molecule has 2 heteroatoms. The van der Waals surface area contributed by atoms with Crippen LogP contribution in [-0.2, 0) is 4.74 Å². The third-order valence-corrected chi connectivity index (χ3v) is 3.52. The lowest BCUT2D eigenvalue weighted by atomic mass is 9.78. The van der Waals surface area contributed by atoms with Crippen LogP contribution in [-0.4, -0.2) is 23.4 Å². The van der Waals surface area contributed by atoms with E-state index in [0.717, 1.165) is 19.3 Å². The van der Waals surface area contributed by atoms with Gasteiger partial charge in [-0.2, -0.15) is 0 Å². The fourth-order valence-electron chi connectivity index (χ4n) is 2.54. The van der Waals surface area contributed by atoms with Gasteiger partial charge >= 0.3 is 0 Å². The average Bonchev–Trinajstić information content (AvgIpc) is 2.41. The maximum atomic E-state index is 10.1. The summed E-state index contributed by atoms with van der Waals surface area (Å²) in [4.78, 5) is 0. The molecule has 2 nitrogen and oxygen atoms in total. The second-order valence-electron chi connectivity index (χ2n) is 4.21. The van der Waals surface area contributed by atoms with Crippen LogP contribution in [0.4, 0.5) is 0 Å². The maximum Gasteiger partial charge on any atom is 0.109 e. The molecule has 12 heavy (non-hydrogen) atoms. The van der Waals surface area contributed by atoms with E-state index in [1.807, 2.05) is 13.0 Å². The number of methoxy groups -OCH3 is 1. The van der Waals surface area contributed by atoms with Crippen LogP contribution >= 0.6 is 0 Å². The van der Waals surface area contributed by atoms with Crippen molar-refractivity contribution in [2.75, 3.05) is 7.11 Å². The summed E-state index contributed by atoms with van der Waals surface area (Å²) in [5.41, 5.74) is -1.07. The van der Waals surface area contributed by atoms with Crippen LogP contribution in [0.2, 0.25) is 0 Å². The minimum Gasteiger partial charge on any atom is -0.383 e. The van der Waals surface area contributed by atoms with Crippen molar-refractivity contribution >= 4 is 0 Å². The lowest BCUT2D eigenvalue weighted by Gasteiger charge is -2.41. The highest BCUT2D eigenvalue weighted by molar-refractivity contribution is 5.21. The SMILES string of the molecule is CO[C@@]12CC[C@@H](C=C[C@]1(C)O)C2. The molecular weight excluding hydrogens is 152 g/mol. The minimum atomic E-state index is -0.769. The molecule has 0 spiro atoms. The van der Waals surface area contributed by atoms with Gasteiger partial charge in [0.05, 0.1) is 0 Å². The van der Waals surface area contributed by atoms with E-state index in [-0.39, 0.29) is 5.60 Å². The lowest BCUT2D eigenvalue weighted by molar-refractivity contribution is -0.136. The molecule has 0 aromatic carbocycles. The van der Waals surface area contributed by atoms with Crippen molar-refractivity contribution in [1.29, 1.82) is 0 Å². The predicted octanol–water partition coefficient (Wildman–Crippen LogP) is 1.49. The van der Waals surface area contributed by atoms with Crippen molar-refractivity contribution in [3.63, 3.8) is 0 Å². The molecule has 0 aromatic heterocycles. The van der Waals surface area contributed by atoms with Crippen molar-refractivity contribution < 1.29 is 9.84 Å². The highest BCUT2D eigenvalue weighted by atomic mass is 16.5. The first-order valence-electron chi connectivity index (χ1n) is 4.56. The fourth-order valence-corrected chi connectivity index (χ4v) is 2.54. The molecule has 2 bridgehead atoms. The van der Waals surface area contributed by atoms with E-state index in [9.17, 15) is 5.11 Å². The number of rotatable bonds is 1. The maximum absolute atomic E-state index is 10.1. The first-order chi connectivity index (χ1) is 5.60. The molecule has 0 aliphatic heterocycles. The van der Waals surface area contributed by atoms with E-state index in [1.54, 1.807) is 7.11 Å². The van der Waals surface area contributed by atoms with Crippen molar-refractivity contribution in [3.05, 3.63) is 12.2 Å². The van der Waals surface area contributed by atoms with Crippen molar-refractivity contribution in [2.24, 2.45) is 5.92 Å². The summed E-state index contributed by atoms with van der Waals surface area (Å²) in [6.07, 6.45) is 7.14. The second kappa shape index (κ2) is 2.33. The van der Waals surface area contributed by atoms with Crippen LogP contribution in [0.5, 0.6) is 0 Å². The summed E-state index contributed by atoms with van der Waals surface area (Å²) in [7, 11) is 1.70. The Morgan fingerprint density at radius 1 is 1.58 bits per heavy atom. The molecule has 1 fully saturated rings. The monoisotopic (exact) mass is 168 g/mol. The topological polar surface area (TPSA) is 29.5 Å². The first-order valence-corrected chi connectivity index (χ1v) is 4.56. The molecule has 0 aromatic rings. The Labute approximate surface area is 73.2 Å². The first kappa shape index (κ1) is 8.27. The third-order valence-electron chi connectivity index (χ3n) is 3.52. The number of hydrogen-bond acceptors (Lipinski definition) is 2. The third kappa shape index (κ3) is 0.882. The van der Waals surface area contributed by atoms with Crippen LogP contribution in [0.1, 0.15) is 26.2 Å². The molecule has 1 saturated carbocycles. The number of ether oxygens (including phenoxy) is 1. The molecule has 1 N–H and O–H groups in total. The van der Waals surface area contributed by atoms with Gasteiger partial charge in [-0.1, -0.05) is 12.2 Å². The quantitative estimate of drug-likeness (QED) is 0.601. The van der Waals surface area contributed by atoms with Gasteiger partial charge in [0.2, 0.25) is 0 Å². The van der Waals surface area contributed by atoms with Crippen LogP contribution in [0.3, 0.4) is 0 Å². The summed E-state index contributed by atoms with van der Waals surface area (Å²) in [5, 5.41) is 10.1. The van der Waals surface area contributed by atoms with E-state index in [0.29, 0.717) is 5.92 Å². The Balaban J connectivity index is 2.37. The summed E-state index contributed by atoms with van der Waals surface area (Å²) in [6.45, 7) is 1.84. The Morgan fingerprint density at radius 3 is 2.92 bits per heavy atom. The zero-order chi connectivity index (χ0) is 8.82. The summed E-state index contributed by atoms with van der Waals surface area (Å²) in [5.74, 6) is 0.630. The second-order valence-corrected chi connectivity index (χ2v) is 4.21. The summed E-state index contributed by atoms with van der Waals surface area (Å²) >= 11 is 0. The van der Waals surface area contributed by atoms with Gasteiger partial charge in [0.1, 0.15) is 11.2 Å². The molecule has 3 atom stereocenters. The molecular formula is C10H16O2. The van der Waals surface area contributed by atoms with E-state index in [2.05, 4.69) is 6.08 Å². The number of aliphatic hydroxyl groups is 1. The van der Waals surface area contributed by atoms with E-state index < -0.39 is 5.60 Å². The van der Waals surface area contributed by atoms with Gasteiger partial charge in [0, 0.05) is 7.11 Å². The molecule has 0 radical (unpaired) electrons. The molecule has 68 valence electrons. The standard InChI is InChI=1S/C10H16O2/c1-9(11)5-3-8-4-6-10(9,7-8)12-2/h3,5,8,11H,4,6-7H2,1-2H3/t8-,9+,10-/m1/s1. The Bertz CT molecular complexity index is 220. The van der Waals surface area contributed by atoms with Gasteiger partial charge < -0.3 is 9.84 Å². The van der Waals surface area contributed by atoms with Crippen molar-refractivity contribution in [2.45, 2.75) is 37.4 Å². The fraction of sp³-hybridized carbons (Fsp3) is 0.800. The van der Waals surface area contributed by atoms with Crippen LogP contribution in [0.25, 0.3) is 0 Å². The number of fused-ring (bicyclic) bond motifs is 2. The minimum absolute atomic E-state index is 0.299. The van der Waals surface area contributed by atoms with Gasteiger partial charge in [-0.3, -0.25) is 0 Å². The van der Waals surface area contributed by atoms with Gasteiger partial charge in [0.25, 0.3) is 0 Å². The molecule has 0 heterocycles. The Kier molecular flexibility index (Phi) is 1.61. The van der Waals surface area contributed by atoms with Crippen LogP contribution in [0, 0.1) is 5.92 Å². The summed E-state index contributed by atoms with van der Waals surface area (Å²) in [6, 6.07) is 0. The lowest BCUT2D eigenvalue weighted by Crippen LogP contribution is -2.51. The zero-order valence-corrected chi connectivity index (χ0v) is 7.71. The average molecular weight is 168 g/mol. The number of hydrogen-bond donors (Lipinski definition) is 1. The highest BCUT2D eigenvalue weighted by Crippen LogP contribution is 2.48. The van der Waals surface area contributed by atoms with Crippen LogP contribution < -0.4 is 0 Å². The van der Waals surface area contributed by atoms with Crippen molar-refractivity contribution in [3.8, 4) is 0 Å². The van der Waals surface area contributed by atoms with E-state index >= 15 is 0 Å². The Hall–Kier alpha value is -0.340. The van der Waals surface area contributed by atoms with Gasteiger partial charge in [0.15, 0.2) is 0 Å². The van der Waals surface area contributed by atoms with Crippen molar-refractivity contribution in [1.82, 2.24) is 0 Å². The van der Waals surface area contributed by atoms with E-state index in [1.165, 1.54) is 0 Å². The molecule has 2 rings (SSSR count). The number of allylic oxidation sites excluding steroid dienone is 1. The molecule has 0 saturated heterocycles. The molecule has 2 aliphatic carbocycles. The predicted molar refractivity (Wildman–Crippen MR) is 46.8 cm³/mol. The summed E-state index contributed by atoms with van der Waals surface area (Å²) < 4.78 is 5.48.